The molecule has 4 aromatic rings. The Morgan fingerprint density at radius 2 is 1.57 bits per heavy atom. The molecule has 0 atom stereocenters. The minimum absolute atomic E-state index is 0. The Labute approximate surface area is 236 Å². The first-order valence-corrected chi connectivity index (χ1v) is 12.5. The minimum Gasteiger partial charge on any atom is -0.448 e. The molecule has 186 valence electrons. The minimum atomic E-state index is -4.82. The van der Waals surface area contributed by atoms with Crippen LogP contribution in [0.5, 0.6) is 0 Å². The molecular weight excluding hydrogens is 509 g/mol. The van der Waals surface area contributed by atoms with Gasteiger partial charge in [0, 0.05) is 11.3 Å². The number of nitrogens with zero attached hydrogens (tertiary/aromatic N) is 3. The van der Waals surface area contributed by atoms with Crippen molar-refractivity contribution in [3.8, 4) is 16.8 Å². The molecule has 1 N–H and O–H groups in total. The van der Waals surface area contributed by atoms with Gasteiger partial charge in [0.2, 0.25) is 10.0 Å². The number of amides is 2. The van der Waals surface area contributed by atoms with Crippen LogP contribution in [0.15, 0.2) is 77.7 Å². The first-order valence-electron chi connectivity index (χ1n) is 11.1. The second kappa shape index (κ2) is 12.0. The molecule has 0 aliphatic heterocycles. The number of carbonyl (C=O) groups is 1. The maximum Gasteiger partial charge on any atom is 1.00 e. The molecule has 11 heteroatoms. The zero-order chi connectivity index (χ0) is 25.9. The van der Waals surface area contributed by atoms with Gasteiger partial charge in [0.05, 0.1) is 11.4 Å². The van der Waals surface area contributed by atoms with Crippen molar-refractivity contribution in [2.45, 2.75) is 25.2 Å². The normalized spacial score (nSPS) is 11.0. The summed E-state index contributed by atoms with van der Waals surface area (Å²) in [6.07, 6.45) is 0.391. The molecule has 0 spiro atoms. The van der Waals surface area contributed by atoms with Crippen LogP contribution in [0, 0.1) is 25.5 Å². The van der Waals surface area contributed by atoms with Crippen LogP contribution in [0.3, 0.4) is 0 Å². The molecule has 4 rings (SSSR count). The van der Waals surface area contributed by atoms with Gasteiger partial charge in [-0.3, -0.25) is 4.79 Å². The quantitative estimate of drug-likeness (QED) is 0.370. The molecule has 0 saturated heterocycles. The van der Waals surface area contributed by atoms with Gasteiger partial charge in [-0.2, -0.15) is 5.10 Å². The summed E-state index contributed by atoms with van der Waals surface area (Å²) in [5.41, 5.74) is 5.85. The van der Waals surface area contributed by atoms with E-state index in [1.54, 1.807) is 0 Å². The van der Waals surface area contributed by atoms with Crippen LogP contribution in [-0.2, 0) is 16.4 Å². The zero-order valence-corrected chi connectivity index (χ0v) is 23.4. The van der Waals surface area contributed by atoms with Gasteiger partial charge in [-0.15, -0.1) is 0 Å². The van der Waals surface area contributed by atoms with E-state index in [-0.39, 0.29) is 36.1 Å². The molecule has 0 unspecified atom stereocenters. The van der Waals surface area contributed by atoms with Gasteiger partial charge in [0.15, 0.2) is 6.03 Å². The largest absolute Gasteiger partial charge is 1.00 e. The third-order valence-electron chi connectivity index (χ3n) is 5.60. The summed E-state index contributed by atoms with van der Waals surface area (Å²) in [6.45, 7) is 4.06. The van der Waals surface area contributed by atoms with Gasteiger partial charge in [-0.05, 0) is 62.2 Å². The standard InChI is InChI=1S/C26H24F2N4O3S.Na/c1-17-24(20-7-4-3-5-8-20)18(2)32(30-17)21-13-11-19(12-14-21)15-16-29-26(33)31-36(34,35)25-22(27)9-6-10-23(25)28;/h3-14H,15-16H2,1-2H3,(H2,29,31,33);/q;+1/p-1. The summed E-state index contributed by atoms with van der Waals surface area (Å²) >= 11 is 0. The summed E-state index contributed by atoms with van der Waals surface area (Å²) < 4.78 is 56.6. The van der Waals surface area contributed by atoms with E-state index in [2.05, 4.69) is 15.1 Å². The van der Waals surface area contributed by atoms with Crippen LogP contribution >= 0.6 is 0 Å². The van der Waals surface area contributed by atoms with E-state index < -0.39 is 32.6 Å². The Hall–Kier alpha value is -3.05. The maximum absolute atomic E-state index is 13.7. The number of benzene rings is 3. The molecule has 0 aliphatic carbocycles. The number of aromatic nitrogens is 2. The van der Waals surface area contributed by atoms with Crippen LogP contribution in [0.25, 0.3) is 21.5 Å². The van der Waals surface area contributed by atoms with Crippen LogP contribution < -0.4 is 34.9 Å². The van der Waals surface area contributed by atoms with E-state index in [9.17, 15) is 22.0 Å². The Morgan fingerprint density at radius 1 is 0.946 bits per heavy atom. The fraction of sp³-hybridized carbons (Fsp3) is 0.154. The molecule has 7 nitrogen and oxygen atoms in total. The number of carbonyl (C=O) groups excluding carboxylic acids is 1. The number of halogens is 2. The SMILES string of the molecule is Cc1nn(-c2ccc(CCNC(=O)[N-]S(=O)(=O)c3c(F)cccc3F)cc2)c(C)c1-c1ccccc1.[Na+]. The summed E-state index contributed by atoms with van der Waals surface area (Å²) in [6, 6.07) is 19.0. The van der Waals surface area contributed by atoms with Gasteiger partial charge in [0.1, 0.15) is 16.5 Å². The van der Waals surface area contributed by atoms with Crippen molar-refractivity contribution in [1.82, 2.24) is 15.1 Å². The molecule has 3 aromatic carbocycles. The third-order valence-corrected chi connectivity index (χ3v) is 6.92. The first kappa shape index (κ1) is 28.5. The number of hydrogen-bond acceptors (Lipinski definition) is 4. The number of aryl methyl sites for hydroxylation is 1. The molecule has 2 amide bonds. The molecule has 1 aromatic heterocycles. The van der Waals surface area contributed by atoms with E-state index in [1.165, 1.54) is 0 Å². The number of urea groups is 1. The number of sulfonamides is 1. The fourth-order valence-corrected chi connectivity index (χ4v) is 4.95. The summed E-state index contributed by atoms with van der Waals surface area (Å²) in [7, 11) is -4.82. The smallest absolute Gasteiger partial charge is 0.448 e. The van der Waals surface area contributed by atoms with Gasteiger partial charge >= 0.3 is 29.6 Å². The van der Waals surface area contributed by atoms with Crippen LogP contribution in [-0.4, -0.2) is 30.8 Å². The van der Waals surface area contributed by atoms with Crippen molar-refractivity contribution in [3.63, 3.8) is 0 Å². The van der Waals surface area contributed by atoms with E-state index in [4.69, 9.17) is 0 Å². The van der Waals surface area contributed by atoms with E-state index in [1.807, 2.05) is 73.1 Å². The summed E-state index contributed by atoms with van der Waals surface area (Å²) in [4.78, 5) is 10.7. The Morgan fingerprint density at radius 3 is 2.19 bits per heavy atom. The Balaban J connectivity index is 0.00000380. The first-order chi connectivity index (χ1) is 17.2. The Kier molecular flexibility index (Phi) is 9.25. The van der Waals surface area contributed by atoms with Crippen molar-refractivity contribution in [1.29, 1.82) is 0 Å². The molecule has 0 radical (unpaired) electrons. The molecular formula is C26H23F2N4NaO3S. The Bertz CT molecular complexity index is 1490. The number of rotatable bonds is 7. The topological polar surface area (TPSA) is 95.2 Å². The fourth-order valence-electron chi connectivity index (χ4n) is 3.95. The predicted octanol–water partition coefficient (Wildman–Crippen LogP) is 2.45. The average molecular weight is 533 g/mol. The second-order valence-corrected chi connectivity index (χ2v) is 9.63. The van der Waals surface area contributed by atoms with Gasteiger partial charge in [-0.1, -0.05) is 48.5 Å². The molecule has 1 heterocycles. The number of nitrogens with one attached hydrogen (secondary N) is 1. The van der Waals surface area contributed by atoms with Gasteiger partial charge in [-0.25, -0.2) is 21.9 Å². The zero-order valence-electron chi connectivity index (χ0n) is 20.6. The number of hydrogen-bond donors (Lipinski definition) is 1. The van der Waals surface area contributed by atoms with E-state index >= 15 is 0 Å². The second-order valence-electron chi connectivity index (χ2n) is 8.09. The average Bonchev–Trinajstić information content (AvgIpc) is 3.13. The summed E-state index contributed by atoms with van der Waals surface area (Å²) in [5.74, 6) is -2.63. The monoisotopic (exact) mass is 532 g/mol. The molecule has 0 fully saturated rings. The van der Waals surface area contributed by atoms with Crippen molar-refractivity contribution in [2.24, 2.45) is 0 Å². The summed E-state index contributed by atoms with van der Waals surface area (Å²) in [5, 5.41) is 7.01. The van der Waals surface area contributed by atoms with E-state index in [0.717, 1.165) is 52.0 Å². The van der Waals surface area contributed by atoms with Gasteiger partial charge < -0.3 is 10.0 Å². The molecule has 0 bridgehead atoms. The van der Waals surface area contributed by atoms with Gasteiger partial charge in [0.25, 0.3) is 0 Å². The van der Waals surface area contributed by atoms with Crippen molar-refractivity contribution in [2.75, 3.05) is 6.54 Å². The molecule has 37 heavy (non-hydrogen) atoms. The van der Waals surface area contributed by atoms with Crippen LogP contribution in [0.1, 0.15) is 17.0 Å². The van der Waals surface area contributed by atoms with Crippen molar-refractivity contribution in [3.05, 3.63) is 106 Å². The van der Waals surface area contributed by atoms with Crippen LogP contribution in [0.2, 0.25) is 0 Å². The molecule has 0 saturated carbocycles. The van der Waals surface area contributed by atoms with Crippen molar-refractivity contribution < 1.29 is 51.6 Å². The van der Waals surface area contributed by atoms with Crippen molar-refractivity contribution >= 4 is 16.1 Å². The van der Waals surface area contributed by atoms with E-state index in [0.29, 0.717) is 6.42 Å². The molecule has 0 aliphatic rings. The predicted molar refractivity (Wildman–Crippen MR) is 132 cm³/mol. The maximum atomic E-state index is 13.7. The van der Waals surface area contributed by atoms with Crippen LogP contribution in [0.4, 0.5) is 13.6 Å². The third kappa shape index (κ3) is 6.45.